The highest BCUT2D eigenvalue weighted by molar-refractivity contribution is 7.89. The van der Waals surface area contributed by atoms with Crippen LogP contribution in [-0.4, -0.2) is 26.4 Å². The lowest BCUT2D eigenvalue weighted by Crippen LogP contribution is -2.32. The van der Waals surface area contributed by atoms with Gasteiger partial charge in [0, 0.05) is 10.7 Å². The highest BCUT2D eigenvalue weighted by Crippen LogP contribution is 2.14. The van der Waals surface area contributed by atoms with Crippen LogP contribution in [0.3, 0.4) is 0 Å². The summed E-state index contributed by atoms with van der Waals surface area (Å²) in [6.07, 6.45) is 1.18. The maximum Gasteiger partial charge on any atom is 0.329 e. The molecular weight excluding hydrogens is 444 g/mol. The van der Waals surface area contributed by atoms with Crippen LogP contribution in [0.5, 0.6) is 0 Å². The van der Waals surface area contributed by atoms with Crippen LogP contribution < -0.4 is 15.5 Å². The van der Waals surface area contributed by atoms with Crippen LogP contribution in [-0.2, 0) is 26.2 Å². The second kappa shape index (κ2) is 10.0. The Morgan fingerprint density at radius 1 is 1.00 bits per heavy atom. The van der Waals surface area contributed by atoms with Crippen molar-refractivity contribution in [3.63, 3.8) is 0 Å². The Hall–Kier alpha value is -3.47. The average molecular weight is 461 g/mol. The maximum atomic E-state index is 12.2. The lowest BCUT2D eigenvalue weighted by Gasteiger charge is -2.04. The van der Waals surface area contributed by atoms with Crippen LogP contribution in [0.2, 0.25) is 5.02 Å². The number of nitrogens with zero attached hydrogens (tertiary/aromatic N) is 1. The SMILES string of the molecule is O=C(N/N=C/c1ccc(CNS(=O)(=O)c2ccccc2)o1)C(=O)Nc1cccc(Cl)c1. The molecule has 0 radical (unpaired) electrons. The van der Waals surface area contributed by atoms with E-state index in [-0.39, 0.29) is 17.2 Å². The maximum absolute atomic E-state index is 12.2. The lowest BCUT2D eigenvalue weighted by molar-refractivity contribution is -0.136. The molecule has 3 N–H and O–H groups in total. The first-order chi connectivity index (χ1) is 14.8. The van der Waals surface area contributed by atoms with Crippen molar-refractivity contribution in [2.75, 3.05) is 5.32 Å². The highest BCUT2D eigenvalue weighted by Gasteiger charge is 2.14. The first-order valence-electron chi connectivity index (χ1n) is 8.87. The zero-order chi connectivity index (χ0) is 22.3. The molecule has 11 heteroatoms. The van der Waals surface area contributed by atoms with Gasteiger partial charge in [0.1, 0.15) is 11.5 Å². The summed E-state index contributed by atoms with van der Waals surface area (Å²) in [6, 6.07) is 17.4. The van der Waals surface area contributed by atoms with E-state index in [9.17, 15) is 18.0 Å². The van der Waals surface area contributed by atoms with Crippen LogP contribution >= 0.6 is 11.6 Å². The van der Waals surface area contributed by atoms with Crippen LogP contribution in [0.4, 0.5) is 5.69 Å². The third-order valence-electron chi connectivity index (χ3n) is 3.82. The summed E-state index contributed by atoms with van der Waals surface area (Å²) in [4.78, 5) is 23.8. The van der Waals surface area contributed by atoms with Crippen molar-refractivity contribution in [3.8, 4) is 0 Å². The van der Waals surface area contributed by atoms with Crippen molar-refractivity contribution < 1.29 is 22.4 Å². The third-order valence-corrected chi connectivity index (χ3v) is 5.47. The number of carbonyl (C=O) groups excluding carboxylic acids is 2. The van der Waals surface area contributed by atoms with Gasteiger partial charge < -0.3 is 9.73 Å². The Labute approximate surface area is 183 Å². The quantitative estimate of drug-likeness (QED) is 0.283. The molecule has 2 aromatic carbocycles. The van der Waals surface area contributed by atoms with Crippen LogP contribution in [0.1, 0.15) is 11.5 Å². The standard InChI is InChI=1S/C20H17ClN4O5S/c21-14-5-4-6-15(11-14)24-19(26)20(27)25-22-12-16-9-10-17(30-16)13-23-31(28,29)18-7-2-1-3-8-18/h1-12,23H,13H2,(H,24,26)(H,25,27)/b22-12+. The Bertz CT molecular complexity index is 1210. The number of anilines is 1. The van der Waals surface area contributed by atoms with E-state index >= 15 is 0 Å². The zero-order valence-electron chi connectivity index (χ0n) is 15.9. The molecular formula is C20H17ClN4O5S. The Balaban J connectivity index is 1.50. The van der Waals surface area contributed by atoms with E-state index in [1.54, 1.807) is 42.5 Å². The van der Waals surface area contributed by atoms with Gasteiger partial charge in [-0.15, -0.1) is 0 Å². The number of nitrogens with one attached hydrogen (secondary N) is 3. The molecule has 1 heterocycles. The van der Waals surface area contributed by atoms with Gasteiger partial charge in [-0.05, 0) is 42.5 Å². The molecule has 0 unspecified atom stereocenters. The predicted octanol–water partition coefficient (Wildman–Crippen LogP) is 2.50. The first-order valence-corrected chi connectivity index (χ1v) is 10.7. The molecule has 0 atom stereocenters. The highest BCUT2D eigenvalue weighted by atomic mass is 35.5. The monoisotopic (exact) mass is 460 g/mol. The predicted molar refractivity (Wildman–Crippen MR) is 115 cm³/mol. The summed E-state index contributed by atoms with van der Waals surface area (Å²) in [7, 11) is -3.67. The molecule has 0 saturated carbocycles. The molecule has 0 saturated heterocycles. The number of sulfonamides is 1. The summed E-state index contributed by atoms with van der Waals surface area (Å²) in [6.45, 7) is -0.0700. The molecule has 0 aliphatic rings. The van der Waals surface area contributed by atoms with Gasteiger partial charge in [-0.25, -0.2) is 18.6 Å². The molecule has 2 amide bonds. The molecule has 0 aliphatic heterocycles. The molecule has 0 bridgehead atoms. The first kappa shape index (κ1) is 22.2. The summed E-state index contributed by atoms with van der Waals surface area (Å²) < 4.78 is 32.2. The Kier molecular flexibility index (Phi) is 7.19. The van der Waals surface area contributed by atoms with Crippen molar-refractivity contribution in [2.24, 2.45) is 5.10 Å². The second-order valence-electron chi connectivity index (χ2n) is 6.11. The minimum Gasteiger partial charge on any atom is -0.459 e. The fraction of sp³-hybridized carbons (Fsp3) is 0.0500. The number of rotatable bonds is 7. The van der Waals surface area contributed by atoms with Gasteiger partial charge in [0.2, 0.25) is 10.0 Å². The molecule has 9 nitrogen and oxygen atoms in total. The molecule has 0 spiro atoms. The molecule has 160 valence electrons. The molecule has 3 rings (SSSR count). The summed E-state index contributed by atoms with van der Waals surface area (Å²) in [5.41, 5.74) is 2.43. The normalized spacial score (nSPS) is 11.4. The van der Waals surface area contributed by atoms with E-state index in [1.807, 2.05) is 0 Å². The summed E-state index contributed by atoms with van der Waals surface area (Å²) in [5.74, 6) is -1.32. The number of hydrogen-bond donors (Lipinski definition) is 3. The minimum absolute atomic E-state index is 0.0700. The Morgan fingerprint density at radius 2 is 1.77 bits per heavy atom. The van der Waals surface area contributed by atoms with Crippen molar-refractivity contribution in [3.05, 3.63) is 83.3 Å². The largest absolute Gasteiger partial charge is 0.459 e. The van der Waals surface area contributed by atoms with Gasteiger partial charge in [0.25, 0.3) is 0 Å². The summed E-state index contributed by atoms with van der Waals surface area (Å²) in [5, 5.41) is 6.44. The number of carbonyl (C=O) groups is 2. The molecule has 1 aromatic heterocycles. The number of halogens is 1. The number of furan rings is 1. The van der Waals surface area contributed by atoms with Gasteiger partial charge in [-0.3, -0.25) is 9.59 Å². The molecule has 0 aliphatic carbocycles. The number of amides is 2. The number of hydrazone groups is 1. The van der Waals surface area contributed by atoms with Crippen molar-refractivity contribution in [1.29, 1.82) is 0 Å². The fourth-order valence-corrected chi connectivity index (χ4v) is 3.57. The third kappa shape index (κ3) is 6.51. The van der Waals surface area contributed by atoms with Crippen molar-refractivity contribution >= 4 is 45.3 Å². The van der Waals surface area contributed by atoms with Crippen LogP contribution in [0.25, 0.3) is 0 Å². The molecule has 0 fully saturated rings. The van der Waals surface area contributed by atoms with E-state index in [2.05, 4.69) is 20.6 Å². The smallest absolute Gasteiger partial charge is 0.329 e. The lowest BCUT2D eigenvalue weighted by atomic mass is 10.3. The molecule has 3 aromatic rings. The van der Waals surface area contributed by atoms with E-state index in [1.165, 1.54) is 30.5 Å². The van der Waals surface area contributed by atoms with E-state index in [0.717, 1.165) is 0 Å². The molecule has 31 heavy (non-hydrogen) atoms. The van der Waals surface area contributed by atoms with Gasteiger partial charge in [-0.1, -0.05) is 35.9 Å². The topological polar surface area (TPSA) is 130 Å². The van der Waals surface area contributed by atoms with Crippen LogP contribution in [0.15, 0.2) is 81.1 Å². The van der Waals surface area contributed by atoms with E-state index < -0.39 is 21.8 Å². The van der Waals surface area contributed by atoms with Crippen LogP contribution in [0, 0.1) is 0 Å². The van der Waals surface area contributed by atoms with Gasteiger partial charge >= 0.3 is 11.8 Å². The van der Waals surface area contributed by atoms with Gasteiger partial charge in [0.15, 0.2) is 0 Å². The fourth-order valence-electron chi connectivity index (χ4n) is 2.37. The van der Waals surface area contributed by atoms with Gasteiger partial charge in [0.05, 0.1) is 17.7 Å². The number of benzene rings is 2. The second-order valence-corrected chi connectivity index (χ2v) is 8.31. The van der Waals surface area contributed by atoms with Crippen molar-refractivity contribution in [2.45, 2.75) is 11.4 Å². The zero-order valence-corrected chi connectivity index (χ0v) is 17.5. The van der Waals surface area contributed by atoms with E-state index in [0.29, 0.717) is 16.5 Å². The Morgan fingerprint density at radius 3 is 2.52 bits per heavy atom. The van der Waals surface area contributed by atoms with Crippen molar-refractivity contribution in [1.82, 2.24) is 10.1 Å². The average Bonchev–Trinajstić information content (AvgIpc) is 3.21. The summed E-state index contributed by atoms with van der Waals surface area (Å²) >= 11 is 5.82. The minimum atomic E-state index is -3.67. The van der Waals surface area contributed by atoms with E-state index in [4.69, 9.17) is 16.0 Å². The number of hydrogen-bond acceptors (Lipinski definition) is 6. The van der Waals surface area contributed by atoms with Gasteiger partial charge in [-0.2, -0.15) is 5.10 Å².